The van der Waals surface area contributed by atoms with E-state index in [1.807, 2.05) is 12.1 Å². The van der Waals surface area contributed by atoms with Gasteiger partial charge in [0, 0.05) is 32.7 Å². The third-order valence-corrected chi connectivity index (χ3v) is 7.18. The van der Waals surface area contributed by atoms with Gasteiger partial charge in [0.05, 0.1) is 5.25 Å². The van der Waals surface area contributed by atoms with Crippen LogP contribution in [0.3, 0.4) is 0 Å². The van der Waals surface area contributed by atoms with Gasteiger partial charge in [-0.1, -0.05) is 48.0 Å². The second-order valence-electron chi connectivity index (χ2n) is 8.00. The molecule has 0 aliphatic rings. The van der Waals surface area contributed by atoms with E-state index >= 15 is 0 Å². The molecule has 4 aromatic rings. The van der Waals surface area contributed by atoms with Crippen molar-refractivity contribution < 1.29 is 14.4 Å². The number of thioether (sulfide) groups is 1. The zero-order chi connectivity index (χ0) is 26.9. The first-order chi connectivity index (χ1) is 18.4. The fourth-order valence-corrected chi connectivity index (χ4v) is 4.85. The summed E-state index contributed by atoms with van der Waals surface area (Å²) < 4.78 is 0. The monoisotopic (exact) mass is 562 g/mol. The number of benzene rings is 3. The lowest BCUT2D eigenvalue weighted by molar-refractivity contribution is -0.115. The lowest BCUT2D eigenvalue weighted by atomic mass is 10.1. The third-order valence-electron chi connectivity index (χ3n) is 5.15. The largest absolute Gasteiger partial charge is 0.321 e. The first-order valence-electron chi connectivity index (χ1n) is 11.5. The topological polar surface area (TPSA) is 100 Å². The number of rotatable bonds is 9. The molecule has 3 amide bonds. The fraction of sp³-hybridized carbons (Fsp3) is 0.0714. The Hall–Kier alpha value is -3.92. The molecule has 1 atom stereocenters. The molecule has 0 spiro atoms. The Kier molecular flexibility index (Phi) is 9.31. The SMILES string of the molecule is CC(Sc1cccc(NC(=O)/C(=C/c2ccc(Cl)cc2)NC(=O)c2ccccc2)c1)C(=O)Nc1nccs1. The predicted octanol–water partition coefficient (Wildman–Crippen LogP) is 6.33. The maximum Gasteiger partial charge on any atom is 0.272 e. The Morgan fingerprint density at radius 3 is 2.45 bits per heavy atom. The molecule has 0 bridgehead atoms. The van der Waals surface area contributed by atoms with Gasteiger partial charge in [-0.2, -0.15) is 0 Å². The number of halogens is 1. The summed E-state index contributed by atoms with van der Waals surface area (Å²) in [7, 11) is 0. The van der Waals surface area contributed by atoms with Crippen molar-refractivity contribution in [3.63, 3.8) is 0 Å². The summed E-state index contributed by atoms with van der Waals surface area (Å²) in [5, 5.41) is 10.8. The maximum absolute atomic E-state index is 13.3. The highest BCUT2D eigenvalue weighted by atomic mass is 35.5. The highest BCUT2D eigenvalue weighted by molar-refractivity contribution is 8.00. The number of hydrogen-bond donors (Lipinski definition) is 3. The highest BCUT2D eigenvalue weighted by Gasteiger charge is 2.18. The standard InChI is InChI=1S/C28H23ClN4O3S2/c1-18(25(34)33-28-30-14-15-37-28)38-23-9-5-8-22(17-23)31-27(36)24(16-19-10-12-21(29)13-11-19)32-26(35)20-6-3-2-4-7-20/h2-18H,1H3,(H,31,36)(H,32,35)(H,30,33,34)/b24-16-. The molecular formula is C28H23ClN4O3S2. The van der Waals surface area contributed by atoms with Crippen molar-refractivity contribution >= 4 is 69.3 Å². The minimum absolute atomic E-state index is 0.0652. The Morgan fingerprint density at radius 1 is 0.974 bits per heavy atom. The molecule has 0 saturated carbocycles. The minimum atomic E-state index is -0.499. The van der Waals surface area contributed by atoms with Crippen LogP contribution in [0.2, 0.25) is 5.02 Å². The average Bonchev–Trinajstić information content (AvgIpc) is 3.43. The molecule has 7 nitrogen and oxygen atoms in total. The molecule has 10 heteroatoms. The molecule has 1 heterocycles. The second kappa shape index (κ2) is 13.0. The lowest BCUT2D eigenvalue weighted by Gasteiger charge is -2.13. The van der Waals surface area contributed by atoms with E-state index in [0.717, 1.165) is 4.90 Å². The summed E-state index contributed by atoms with van der Waals surface area (Å²) in [6.07, 6.45) is 3.21. The van der Waals surface area contributed by atoms with Crippen LogP contribution in [0.25, 0.3) is 6.08 Å². The van der Waals surface area contributed by atoms with Crippen molar-refractivity contribution in [3.8, 4) is 0 Å². The quantitative estimate of drug-likeness (QED) is 0.164. The summed E-state index contributed by atoms with van der Waals surface area (Å²) in [6.45, 7) is 1.80. The number of hydrogen-bond acceptors (Lipinski definition) is 6. The number of carbonyl (C=O) groups is 3. The van der Waals surface area contributed by atoms with Crippen LogP contribution in [0.4, 0.5) is 10.8 Å². The third kappa shape index (κ3) is 7.79. The number of thiazole rings is 1. The molecule has 0 radical (unpaired) electrons. The van der Waals surface area contributed by atoms with Crippen LogP contribution < -0.4 is 16.0 Å². The van der Waals surface area contributed by atoms with Gasteiger partial charge in [0.1, 0.15) is 5.70 Å². The molecule has 38 heavy (non-hydrogen) atoms. The summed E-state index contributed by atoms with van der Waals surface area (Å²) in [5.74, 6) is -1.08. The first kappa shape index (κ1) is 27.1. The number of anilines is 2. The van der Waals surface area contributed by atoms with E-state index in [9.17, 15) is 14.4 Å². The number of nitrogens with one attached hydrogen (secondary N) is 3. The van der Waals surface area contributed by atoms with E-state index in [1.165, 1.54) is 23.1 Å². The van der Waals surface area contributed by atoms with Crippen LogP contribution in [-0.4, -0.2) is 28.0 Å². The molecule has 3 N–H and O–H groups in total. The number of carbonyl (C=O) groups excluding carboxylic acids is 3. The lowest BCUT2D eigenvalue weighted by Crippen LogP contribution is -2.30. The van der Waals surface area contributed by atoms with Gasteiger partial charge in [0.15, 0.2) is 5.13 Å². The molecule has 0 saturated heterocycles. The number of nitrogens with zero attached hydrogens (tertiary/aromatic N) is 1. The van der Waals surface area contributed by atoms with Crippen LogP contribution in [0.5, 0.6) is 0 Å². The first-order valence-corrected chi connectivity index (χ1v) is 13.6. The van der Waals surface area contributed by atoms with E-state index in [-0.39, 0.29) is 11.6 Å². The predicted molar refractivity (Wildman–Crippen MR) is 154 cm³/mol. The van der Waals surface area contributed by atoms with E-state index in [1.54, 1.807) is 91.3 Å². The van der Waals surface area contributed by atoms with Crippen molar-refractivity contribution in [1.82, 2.24) is 10.3 Å². The van der Waals surface area contributed by atoms with E-state index in [4.69, 9.17) is 11.6 Å². The Morgan fingerprint density at radius 2 is 1.74 bits per heavy atom. The summed E-state index contributed by atoms with van der Waals surface area (Å²) in [5.41, 5.74) is 1.70. The van der Waals surface area contributed by atoms with Crippen molar-refractivity contribution in [2.45, 2.75) is 17.1 Å². The van der Waals surface area contributed by atoms with Crippen LogP contribution in [0.15, 0.2) is 101 Å². The van der Waals surface area contributed by atoms with Crippen LogP contribution in [0, 0.1) is 0 Å². The molecule has 1 unspecified atom stereocenters. The van der Waals surface area contributed by atoms with Gasteiger partial charge in [0.2, 0.25) is 5.91 Å². The maximum atomic E-state index is 13.3. The van der Waals surface area contributed by atoms with Crippen molar-refractivity contribution in [2.75, 3.05) is 10.6 Å². The molecule has 1 aromatic heterocycles. The Balaban J connectivity index is 1.48. The molecular weight excluding hydrogens is 540 g/mol. The van der Waals surface area contributed by atoms with Crippen molar-refractivity contribution in [1.29, 1.82) is 0 Å². The normalized spacial score (nSPS) is 11.9. The van der Waals surface area contributed by atoms with E-state index < -0.39 is 17.1 Å². The number of amides is 3. The van der Waals surface area contributed by atoms with Crippen molar-refractivity contribution in [3.05, 3.63) is 112 Å². The molecule has 0 aliphatic carbocycles. The summed E-state index contributed by atoms with van der Waals surface area (Å²) in [6, 6.07) is 22.7. The van der Waals surface area contributed by atoms with E-state index in [2.05, 4.69) is 20.9 Å². The van der Waals surface area contributed by atoms with Gasteiger partial charge >= 0.3 is 0 Å². The van der Waals surface area contributed by atoms with Crippen LogP contribution in [-0.2, 0) is 9.59 Å². The van der Waals surface area contributed by atoms with Gasteiger partial charge in [-0.15, -0.1) is 23.1 Å². The van der Waals surface area contributed by atoms with Gasteiger partial charge in [-0.05, 0) is 61.0 Å². The molecule has 3 aromatic carbocycles. The van der Waals surface area contributed by atoms with Gasteiger partial charge in [0.25, 0.3) is 11.8 Å². The summed E-state index contributed by atoms with van der Waals surface area (Å²) >= 11 is 8.69. The molecule has 0 aliphatic heterocycles. The van der Waals surface area contributed by atoms with E-state index in [0.29, 0.717) is 27.0 Å². The van der Waals surface area contributed by atoms with Gasteiger partial charge in [-0.25, -0.2) is 4.98 Å². The molecule has 192 valence electrons. The Labute approximate surface area is 233 Å². The molecule has 4 rings (SSSR count). The second-order valence-corrected chi connectivity index (χ2v) is 10.7. The van der Waals surface area contributed by atoms with Crippen molar-refractivity contribution in [2.24, 2.45) is 0 Å². The molecule has 0 fully saturated rings. The fourth-order valence-electron chi connectivity index (χ4n) is 3.26. The van der Waals surface area contributed by atoms with Crippen LogP contribution in [0.1, 0.15) is 22.8 Å². The minimum Gasteiger partial charge on any atom is -0.321 e. The zero-order valence-electron chi connectivity index (χ0n) is 20.2. The van der Waals surface area contributed by atoms with Gasteiger partial charge in [-0.3, -0.25) is 14.4 Å². The zero-order valence-corrected chi connectivity index (χ0v) is 22.6. The van der Waals surface area contributed by atoms with Gasteiger partial charge < -0.3 is 16.0 Å². The van der Waals surface area contributed by atoms with Crippen LogP contribution >= 0.6 is 34.7 Å². The average molecular weight is 563 g/mol. The highest BCUT2D eigenvalue weighted by Crippen LogP contribution is 2.27. The smallest absolute Gasteiger partial charge is 0.272 e. The summed E-state index contributed by atoms with van der Waals surface area (Å²) in [4.78, 5) is 43.4. The number of aromatic nitrogens is 1. The Bertz CT molecular complexity index is 1440.